The Morgan fingerprint density at radius 2 is 1.60 bits per heavy atom. The number of hydrogen-bond acceptors (Lipinski definition) is 3. The fraction of sp³-hybridized carbons (Fsp3) is 0.542. The van der Waals surface area contributed by atoms with Gasteiger partial charge in [0.2, 0.25) is 0 Å². The number of amides is 1. The fourth-order valence-corrected chi connectivity index (χ4v) is 5.21. The van der Waals surface area contributed by atoms with Crippen LogP contribution in [0.3, 0.4) is 0 Å². The molecule has 30 heavy (non-hydrogen) atoms. The second kappa shape index (κ2) is 8.36. The standard InChI is InChI=1S/C24H27Cl2NO3/c1-5-6-17-11-15(2)20(16(3)12-17)21-18(28)13-24(14-19(21)29)7-9-27(10-8-24)22(30)23(4,25)26/h11-12,21H,7-10,13-14H2,1-4H3. The van der Waals surface area contributed by atoms with Crippen LogP contribution in [-0.2, 0) is 14.4 Å². The molecule has 1 aliphatic heterocycles. The van der Waals surface area contributed by atoms with Crippen LogP contribution in [0.5, 0.6) is 0 Å². The average Bonchev–Trinajstić information content (AvgIpc) is 2.63. The Bertz CT molecular complexity index is 914. The lowest BCUT2D eigenvalue weighted by atomic mass is 9.62. The summed E-state index contributed by atoms with van der Waals surface area (Å²) in [6, 6.07) is 3.90. The number of hydrogen-bond donors (Lipinski definition) is 0. The highest BCUT2D eigenvalue weighted by Crippen LogP contribution is 2.47. The summed E-state index contributed by atoms with van der Waals surface area (Å²) >= 11 is 11.9. The summed E-state index contributed by atoms with van der Waals surface area (Å²) in [7, 11) is 0. The minimum Gasteiger partial charge on any atom is -0.340 e. The van der Waals surface area contributed by atoms with Crippen LogP contribution < -0.4 is 0 Å². The number of halogens is 2. The molecule has 2 fully saturated rings. The number of rotatable bonds is 2. The number of benzene rings is 1. The van der Waals surface area contributed by atoms with Crippen molar-refractivity contribution in [3.05, 3.63) is 34.4 Å². The van der Waals surface area contributed by atoms with Gasteiger partial charge in [0, 0.05) is 31.5 Å². The van der Waals surface area contributed by atoms with Gasteiger partial charge in [-0.3, -0.25) is 14.4 Å². The molecule has 1 aromatic carbocycles. The van der Waals surface area contributed by atoms with Crippen LogP contribution in [0.1, 0.15) is 67.7 Å². The number of aryl methyl sites for hydroxylation is 2. The van der Waals surface area contributed by atoms with Gasteiger partial charge in [-0.05, 0) is 74.8 Å². The molecule has 0 N–H and O–H groups in total. The number of piperidine rings is 1. The van der Waals surface area contributed by atoms with Gasteiger partial charge in [0.1, 0.15) is 17.5 Å². The molecule has 160 valence electrons. The Labute approximate surface area is 188 Å². The Hall–Kier alpha value is -1.83. The third-order valence-corrected chi connectivity index (χ3v) is 6.70. The van der Waals surface area contributed by atoms with Crippen LogP contribution in [0, 0.1) is 31.1 Å². The van der Waals surface area contributed by atoms with Gasteiger partial charge in [0.05, 0.1) is 0 Å². The van der Waals surface area contributed by atoms with E-state index in [1.165, 1.54) is 6.92 Å². The van der Waals surface area contributed by atoms with Gasteiger partial charge in [-0.1, -0.05) is 29.1 Å². The maximum atomic E-state index is 13.2. The molecule has 0 atom stereocenters. The SMILES string of the molecule is CC#Cc1cc(C)c(C2C(=O)CC3(CCN(C(=O)C(C)(Cl)Cl)CC3)CC2=O)c(C)c1. The normalized spacial score (nSPS) is 19.6. The van der Waals surface area contributed by atoms with Gasteiger partial charge < -0.3 is 4.90 Å². The smallest absolute Gasteiger partial charge is 0.258 e. The van der Waals surface area contributed by atoms with Crippen LogP contribution in [0.25, 0.3) is 0 Å². The number of nitrogens with zero attached hydrogens (tertiary/aromatic N) is 1. The molecule has 1 spiro atoms. The average molecular weight is 448 g/mol. The van der Waals surface area contributed by atoms with E-state index in [4.69, 9.17) is 23.2 Å². The minimum atomic E-state index is -1.46. The van der Waals surface area contributed by atoms with Crippen LogP contribution in [0.15, 0.2) is 12.1 Å². The molecule has 3 rings (SSSR count). The molecule has 1 aliphatic carbocycles. The first-order valence-electron chi connectivity index (χ1n) is 10.2. The largest absolute Gasteiger partial charge is 0.340 e. The van der Waals surface area contributed by atoms with Crippen molar-refractivity contribution in [1.82, 2.24) is 4.90 Å². The van der Waals surface area contributed by atoms with Crippen LogP contribution in [0.2, 0.25) is 0 Å². The summed E-state index contributed by atoms with van der Waals surface area (Å²) in [4.78, 5) is 40.4. The molecule has 1 amide bonds. The molecule has 1 aromatic rings. The van der Waals surface area contributed by atoms with Crippen molar-refractivity contribution in [3.8, 4) is 11.8 Å². The highest BCUT2D eigenvalue weighted by Gasteiger charge is 2.48. The predicted octanol–water partition coefficient (Wildman–Crippen LogP) is 4.49. The summed E-state index contributed by atoms with van der Waals surface area (Å²) in [5.74, 6) is 4.86. The predicted molar refractivity (Wildman–Crippen MR) is 119 cm³/mol. The molecule has 0 radical (unpaired) electrons. The molecule has 6 heteroatoms. The molecule has 1 saturated carbocycles. The van der Waals surface area contributed by atoms with Crippen molar-refractivity contribution >= 4 is 40.7 Å². The van der Waals surface area contributed by atoms with Gasteiger partial charge in [-0.25, -0.2) is 0 Å². The van der Waals surface area contributed by atoms with Crippen LogP contribution in [0.4, 0.5) is 0 Å². The lowest BCUT2D eigenvalue weighted by Gasteiger charge is -2.45. The summed E-state index contributed by atoms with van der Waals surface area (Å²) < 4.78 is -1.46. The van der Waals surface area contributed by atoms with E-state index in [0.717, 1.165) is 22.3 Å². The minimum absolute atomic E-state index is 0.0222. The zero-order valence-electron chi connectivity index (χ0n) is 17.9. The second-order valence-electron chi connectivity index (χ2n) is 8.80. The topological polar surface area (TPSA) is 54.5 Å². The lowest BCUT2D eigenvalue weighted by Crippen LogP contribution is -2.51. The number of carbonyl (C=O) groups excluding carboxylic acids is 3. The van der Waals surface area contributed by atoms with E-state index in [9.17, 15) is 14.4 Å². The van der Waals surface area contributed by atoms with E-state index in [-0.39, 0.29) is 22.9 Å². The summed E-state index contributed by atoms with van der Waals surface area (Å²) in [5.41, 5.74) is 3.21. The van der Waals surface area contributed by atoms with Crippen molar-refractivity contribution in [2.24, 2.45) is 5.41 Å². The van der Waals surface area contributed by atoms with Gasteiger partial charge >= 0.3 is 0 Å². The van der Waals surface area contributed by atoms with E-state index >= 15 is 0 Å². The summed E-state index contributed by atoms with van der Waals surface area (Å²) in [5, 5.41) is 0. The highest BCUT2D eigenvalue weighted by atomic mass is 35.5. The molecule has 2 aliphatic rings. The van der Waals surface area contributed by atoms with Crippen LogP contribution >= 0.6 is 23.2 Å². The third kappa shape index (κ3) is 4.43. The Morgan fingerprint density at radius 3 is 2.03 bits per heavy atom. The summed E-state index contributed by atoms with van der Waals surface area (Å²) in [6.45, 7) is 8.04. The molecule has 0 aromatic heterocycles. The molecule has 0 bridgehead atoms. The first kappa shape index (κ1) is 22.8. The zero-order valence-corrected chi connectivity index (χ0v) is 19.4. The van der Waals surface area contributed by atoms with E-state index in [1.807, 2.05) is 26.0 Å². The Morgan fingerprint density at radius 1 is 1.10 bits per heavy atom. The van der Waals surface area contributed by atoms with Gasteiger partial charge in [0.15, 0.2) is 4.33 Å². The Balaban J connectivity index is 1.79. The molecular formula is C24H27Cl2NO3. The van der Waals surface area contributed by atoms with E-state index in [2.05, 4.69) is 11.8 Å². The number of Topliss-reactive ketones (excluding diaryl/α,β-unsaturated/α-hetero) is 2. The zero-order chi connectivity index (χ0) is 22.3. The number of alkyl halides is 2. The van der Waals surface area contributed by atoms with Gasteiger partial charge in [0.25, 0.3) is 5.91 Å². The monoisotopic (exact) mass is 447 g/mol. The summed E-state index contributed by atoms with van der Waals surface area (Å²) in [6.07, 6.45) is 1.94. The molecule has 4 nitrogen and oxygen atoms in total. The quantitative estimate of drug-likeness (QED) is 0.381. The maximum Gasteiger partial charge on any atom is 0.258 e. The fourth-order valence-electron chi connectivity index (χ4n) is 4.97. The van der Waals surface area contributed by atoms with Crippen molar-refractivity contribution in [3.63, 3.8) is 0 Å². The first-order chi connectivity index (χ1) is 14.0. The third-order valence-electron chi connectivity index (χ3n) is 6.38. The van der Waals surface area contributed by atoms with E-state index in [0.29, 0.717) is 38.8 Å². The number of carbonyl (C=O) groups is 3. The molecule has 1 heterocycles. The number of ketones is 2. The van der Waals surface area contributed by atoms with Crippen molar-refractivity contribution in [2.45, 2.75) is 63.6 Å². The maximum absolute atomic E-state index is 13.2. The second-order valence-corrected chi connectivity index (χ2v) is 10.5. The Kier molecular flexibility index (Phi) is 6.37. The van der Waals surface area contributed by atoms with Crippen molar-refractivity contribution in [1.29, 1.82) is 0 Å². The van der Waals surface area contributed by atoms with Crippen molar-refractivity contribution in [2.75, 3.05) is 13.1 Å². The van der Waals surface area contributed by atoms with Crippen molar-refractivity contribution < 1.29 is 14.4 Å². The van der Waals surface area contributed by atoms with E-state index in [1.54, 1.807) is 11.8 Å². The molecular weight excluding hydrogens is 421 g/mol. The lowest BCUT2D eigenvalue weighted by molar-refractivity contribution is -0.140. The molecule has 0 unspecified atom stereocenters. The van der Waals surface area contributed by atoms with Gasteiger partial charge in [-0.15, -0.1) is 5.92 Å². The number of likely N-dealkylation sites (tertiary alicyclic amines) is 1. The van der Waals surface area contributed by atoms with E-state index < -0.39 is 10.3 Å². The first-order valence-corrected chi connectivity index (χ1v) is 11.0. The molecule has 1 saturated heterocycles. The van der Waals surface area contributed by atoms with Crippen LogP contribution in [-0.4, -0.2) is 39.8 Å². The van der Waals surface area contributed by atoms with Gasteiger partial charge in [-0.2, -0.15) is 0 Å². The highest BCUT2D eigenvalue weighted by molar-refractivity contribution is 6.57.